The summed E-state index contributed by atoms with van der Waals surface area (Å²) in [6, 6.07) is 3.28. The number of unbranched alkanes of at least 4 members (excludes halogenated alkanes) is 14. The first kappa shape index (κ1) is 38.2. The Labute approximate surface area is 295 Å². The molecule has 1 aromatic rings. The van der Waals surface area contributed by atoms with Crippen molar-refractivity contribution >= 4 is 12.3 Å². The number of hydrogen-bond acceptors (Lipinski definition) is 7. The van der Waals surface area contributed by atoms with Crippen LogP contribution < -0.4 is 5.63 Å². The van der Waals surface area contributed by atoms with E-state index in [-0.39, 0.29) is 35.5 Å². The van der Waals surface area contributed by atoms with Gasteiger partial charge in [-0.3, -0.25) is 4.79 Å². The Kier molecular flexibility index (Phi) is 13.3. The van der Waals surface area contributed by atoms with Crippen LogP contribution in [0.25, 0.3) is 0 Å². The van der Waals surface area contributed by atoms with Crippen molar-refractivity contribution in [2.45, 2.75) is 198 Å². The molecule has 0 radical (unpaired) electrons. The first-order valence-corrected chi connectivity index (χ1v) is 20.3. The van der Waals surface area contributed by atoms with Crippen molar-refractivity contribution in [1.82, 2.24) is 0 Å². The van der Waals surface area contributed by atoms with E-state index in [4.69, 9.17) is 9.15 Å². The number of hydrogen-bond donors (Lipinski definition) is 2. The van der Waals surface area contributed by atoms with Crippen LogP contribution in [0, 0.1) is 22.7 Å². The third-order valence-corrected chi connectivity index (χ3v) is 14.1. The lowest BCUT2D eigenvalue weighted by Crippen LogP contribution is -2.68. The number of esters is 1. The van der Waals surface area contributed by atoms with Gasteiger partial charge in [0, 0.05) is 24.3 Å². The molecule has 4 fully saturated rings. The minimum Gasteiger partial charge on any atom is -0.462 e. The van der Waals surface area contributed by atoms with Crippen LogP contribution in [0.4, 0.5) is 0 Å². The summed E-state index contributed by atoms with van der Waals surface area (Å²) in [7, 11) is 0. The lowest BCUT2D eigenvalue weighted by atomic mass is 9.41. The smallest absolute Gasteiger partial charge is 0.335 e. The van der Waals surface area contributed by atoms with Crippen LogP contribution in [-0.4, -0.2) is 39.8 Å². The van der Waals surface area contributed by atoms with E-state index in [9.17, 15) is 24.6 Å². The lowest BCUT2D eigenvalue weighted by molar-refractivity contribution is -0.248. The monoisotopic (exact) mass is 682 g/mol. The molecule has 1 heterocycles. The molecule has 7 nitrogen and oxygen atoms in total. The van der Waals surface area contributed by atoms with Crippen molar-refractivity contribution < 1.29 is 29.0 Å². The fourth-order valence-electron chi connectivity index (χ4n) is 11.2. The molecule has 4 aliphatic carbocycles. The van der Waals surface area contributed by atoms with Crippen LogP contribution in [0.3, 0.4) is 0 Å². The predicted molar refractivity (Wildman–Crippen MR) is 192 cm³/mol. The van der Waals surface area contributed by atoms with E-state index < -0.39 is 22.0 Å². The van der Waals surface area contributed by atoms with Crippen molar-refractivity contribution in [3.63, 3.8) is 0 Å². The SMILES string of the molecule is CCCCCCCCCCCCCCCCCC(=O)OC1CCC2(C=O)C3CCC4(C)C(c5ccc(=O)oc5)CCC4(O)C3CCC2(O)C1. The highest BCUT2D eigenvalue weighted by molar-refractivity contribution is 5.69. The minimum atomic E-state index is -1.24. The van der Waals surface area contributed by atoms with Crippen LogP contribution >= 0.6 is 0 Å². The van der Waals surface area contributed by atoms with Crippen molar-refractivity contribution in [2.75, 3.05) is 0 Å². The average Bonchev–Trinajstić information content (AvgIpc) is 3.37. The molecule has 0 bridgehead atoms. The Hall–Kier alpha value is -1.99. The molecule has 7 heteroatoms. The summed E-state index contributed by atoms with van der Waals surface area (Å²) >= 11 is 0. The van der Waals surface area contributed by atoms with E-state index in [1.54, 1.807) is 6.26 Å². The molecule has 5 rings (SSSR count). The summed E-state index contributed by atoms with van der Waals surface area (Å²) in [5.74, 6) is -0.338. The van der Waals surface area contributed by atoms with Crippen LogP contribution in [0.15, 0.2) is 27.6 Å². The molecule has 4 aliphatic rings. The van der Waals surface area contributed by atoms with Crippen molar-refractivity contribution in [3.8, 4) is 0 Å². The molecule has 0 aromatic carbocycles. The molecule has 8 atom stereocenters. The molecule has 0 saturated heterocycles. The molecular weight excluding hydrogens is 616 g/mol. The third kappa shape index (κ3) is 8.08. The molecule has 0 amide bonds. The number of rotatable bonds is 19. The van der Waals surface area contributed by atoms with Crippen molar-refractivity contribution in [3.05, 3.63) is 34.4 Å². The van der Waals surface area contributed by atoms with Gasteiger partial charge < -0.3 is 24.2 Å². The third-order valence-electron chi connectivity index (χ3n) is 14.1. The summed E-state index contributed by atoms with van der Waals surface area (Å²) in [6.45, 7) is 4.43. The predicted octanol–water partition coefficient (Wildman–Crippen LogP) is 9.35. The van der Waals surface area contributed by atoms with Gasteiger partial charge in [0.15, 0.2) is 0 Å². The van der Waals surface area contributed by atoms with Gasteiger partial charge in [-0.05, 0) is 87.2 Å². The van der Waals surface area contributed by atoms with Gasteiger partial charge in [0.05, 0.1) is 22.9 Å². The van der Waals surface area contributed by atoms with Crippen molar-refractivity contribution in [2.24, 2.45) is 22.7 Å². The number of aliphatic hydroxyl groups is 2. The van der Waals surface area contributed by atoms with Gasteiger partial charge in [0.1, 0.15) is 12.4 Å². The Bertz CT molecular complexity index is 1260. The summed E-state index contributed by atoms with van der Waals surface area (Å²) in [5.41, 5.74) is -2.99. The lowest BCUT2D eigenvalue weighted by Gasteiger charge is -2.65. The first-order chi connectivity index (χ1) is 23.6. The fourth-order valence-corrected chi connectivity index (χ4v) is 11.2. The van der Waals surface area contributed by atoms with E-state index in [1.165, 1.54) is 83.1 Å². The number of carbonyl (C=O) groups excluding carboxylic acids is 2. The molecule has 4 saturated carbocycles. The quantitative estimate of drug-likeness (QED) is 0.0849. The Balaban J connectivity index is 1.03. The second-order valence-corrected chi connectivity index (χ2v) is 16.9. The average molecular weight is 683 g/mol. The standard InChI is InChI=1S/C42H66O7/c1-3-4-5-6-7-8-9-10-11-12-13-14-15-16-17-18-38(45)49-33-21-26-40(31-43)35-22-25-39(2)34(32-19-20-37(44)48-30-32)24-28-42(39,47)36(35)23-27-41(40,46)29-33/h19-20,30-31,33-36,46-47H,3-18,21-29H2,1-2H3. The second-order valence-electron chi connectivity index (χ2n) is 16.9. The normalized spacial score (nSPS) is 35.3. The van der Waals surface area contributed by atoms with Crippen LogP contribution in [0.1, 0.15) is 186 Å². The van der Waals surface area contributed by atoms with Gasteiger partial charge >= 0.3 is 11.6 Å². The topological polar surface area (TPSA) is 114 Å². The van der Waals surface area contributed by atoms with Gasteiger partial charge in [-0.1, -0.05) is 104 Å². The van der Waals surface area contributed by atoms with E-state index in [0.717, 1.165) is 50.4 Å². The largest absolute Gasteiger partial charge is 0.462 e. The molecule has 0 aliphatic heterocycles. The molecular formula is C42H66O7. The zero-order valence-corrected chi connectivity index (χ0v) is 30.7. The fraction of sp³-hybridized carbons (Fsp3) is 0.833. The number of fused-ring (bicyclic) bond motifs is 5. The van der Waals surface area contributed by atoms with Gasteiger partial charge in [-0.15, -0.1) is 0 Å². The Morgan fingerprint density at radius 3 is 2.02 bits per heavy atom. The van der Waals surface area contributed by atoms with Crippen LogP contribution in [0.2, 0.25) is 0 Å². The number of aldehydes is 1. The maximum Gasteiger partial charge on any atom is 0.335 e. The van der Waals surface area contributed by atoms with Gasteiger partial charge in [0.25, 0.3) is 0 Å². The van der Waals surface area contributed by atoms with E-state index >= 15 is 0 Å². The van der Waals surface area contributed by atoms with Crippen LogP contribution in [-0.2, 0) is 14.3 Å². The molecule has 2 N–H and O–H groups in total. The molecule has 1 aromatic heterocycles. The first-order valence-electron chi connectivity index (χ1n) is 20.3. The molecule has 0 spiro atoms. The van der Waals surface area contributed by atoms with Gasteiger partial charge in [0.2, 0.25) is 0 Å². The highest BCUT2D eigenvalue weighted by atomic mass is 16.5. The zero-order valence-electron chi connectivity index (χ0n) is 30.7. The minimum absolute atomic E-state index is 0.0653. The second kappa shape index (κ2) is 17.0. The highest BCUT2D eigenvalue weighted by Crippen LogP contribution is 2.71. The summed E-state index contributed by atoms with van der Waals surface area (Å²) < 4.78 is 11.1. The zero-order chi connectivity index (χ0) is 35.0. The maximum absolute atomic E-state index is 13.1. The molecule has 49 heavy (non-hydrogen) atoms. The van der Waals surface area contributed by atoms with Gasteiger partial charge in [-0.25, -0.2) is 4.79 Å². The van der Waals surface area contributed by atoms with Crippen molar-refractivity contribution in [1.29, 1.82) is 0 Å². The molecule has 276 valence electrons. The summed E-state index contributed by atoms with van der Waals surface area (Å²) in [6.07, 6.45) is 27.1. The van der Waals surface area contributed by atoms with E-state index in [2.05, 4.69) is 13.8 Å². The number of ether oxygens (including phenoxy) is 1. The number of carbonyl (C=O) groups is 2. The van der Waals surface area contributed by atoms with E-state index in [0.29, 0.717) is 44.9 Å². The summed E-state index contributed by atoms with van der Waals surface area (Å²) in [4.78, 5) is 37.5. The Morgan fingerprint density at radius 2 is 1.43 bits per heavy atom. The highest BCUT2D eigenvalue weighted by Gasteiger charge is 2.71. The maximum atomic E-state index is 13.1. The van der Waals surface area contributed by atoms with Gasteiger partial charge in [-0.2, -0.15) is 0 Å². The molecule has 8 unspecified atom stereocenters. The Morgan fingerprint density at radius 1 is 0.816 bits per heavy atom. The summed E-state index contributed by atoms with van der Waals surface area (Å²) in [5, 5.41) is 24.7. The van der Waals surface area contributed by atoms with Crippen LogP contribution in [0.5, 0.6) is 0 Å². The van der Waals surface area contributed by atoms with E-state index in [1.807, 2.05) is 6.07 Å².